The van der Waals surface area contributed by atoms with Crippen LogP contribution < -0.4 is 21.3 Å². The van der Waals surface area contributed by atoms with E-state index in [-0.39, 0.29) is 23.6 Å². The number of hydrogen-bond donors (Lipinski definition) is 4. The van der Waals surface area contributed by atoms with Crippen molar-refractivity contribution in [1.29, 1.82) is 0 Å². The number of rotatable bonds is 5. The summed E-state index contributed by atoms with van der Waals surface area (Å²) < 4.78 is 0. The Balaban J connectivity index is 1.13. The van der Waals surface area contributed by atoms with Gasteiger partial charge < -0.3 is 31.1 Å². The molecule has 6 heterocycles. The predicted molar refractivity (Wildman–Crippen MR) is 186 cm³/mol. The number of para-hydroxylation sites is 2. The molecule has 10 rings (SSSR count). The van der Waals surface area contributed by atoms with Gasteiger partial charge in [-0.3, -0.25) is 19.2 Å². The van der Waals surface area contributed by atoms with Crippen LogP contribution in [0.1, 0.15) is 35.1 Å². The van der Waals surface area contributed by atoms with E-state index in [9.17, 15) is 19.2 Å². The highest BCUT2D eigenvalue weighted by Gasteiger charge is 2.78. The summed E-state index contributed by atoms with van der Waals surface area (Å²) in [4.78, 5) is 61.2. The van der Waals surface area contributed by atoms with Gasteiger partial charge in [0.2, 0.25) is 23.6 Å². The number of fused-ring (bicyclic) bond motifs is 11. The molecule has 0 radical (unpaired) electrons. The van der Waals surface area contributed by atoms with E-state index in [1.807, 2.05) is 97.1 Å². The third kappa shape index (κ3) is 3.73. The fourth-order valence-corrected chi connectivity index (χ4v) is 10.4. The number of hydrogen-bond acceptors (Lipinski definition) is 6. The average molecular weight is 665 g/mol. The molecule has 4 N–H and O–H groups in total. The number of carbonyl (C=O) groups is 4. The monoisotopic (exact) mass is 664 g/mol. The van der Waals surface area contributed by atoms with E-state index in [1.165, 1.54) is 0 Å². The van der Waals surface area contributed by atoms with Gasteiger partial charge in [-0.15, -0.1) is 0 Å². The van der Waals surface area contributed by atoms with Gasteiger partial charge in [0.15, 0.2) is 0 Å². The molecular formula is C40H36N6O4. The lowest BCUT2D eigenvalue weighted by atomic mass is 9.54. The molecule has 4 saturated heterocycles. The van der Waals surface area contributed by atoms with Gasteiger partial charge in [0, 0.05) is 24.2 Å². The zero-order valence-corrected chi connectivity index (χ0v) is 27.2. The van der Waals surface area contributed by atoms with Crippen molar-refractivity contribution in [3.05, 3.63) is 131 Å². The number of amides is 4. The maximum Gasteiger partial charge on any atom is 0.247 e. The van der Waals surface area contributed by atoms with Gasteiger partial charge in [0.1, 0.15) is 36.5 Å². The summed E-state index contributed by atoms with van der Waals surface area (Å²) in [5.41, 5.74) is 4.00. The summed E-state index contributed by atoms with van der Waals surface area (Å²) in [7, 11) is 0. The zero-order valence-electron chi connectivity index (χ0n) is 27.2. The first kappa shape index (κ1) is 29.3. The highest BCUT2D eigenvalue weighted by atomic mass is 16.2. The second-order valence-corrected chi connectivity index (χ2v) is 14.6. The highest BCUT2D eigenvalue weighted by Crippen LogP contribution is 2.68. The molecule has 6 aliphatic rings. The smallest absolute Gasteiger partial charge is 0.247 e. The first-order valence-corrected chi connectivity index (χ1v) is 17.5. The van der Waals surface area contributed by atoms with E-state index < -0.39 is 47.3 Å². The summed E-state index contributed by atoms with van der Waals surface area (Å²) in [5, 5.41) is 13.6. The van der Waals surface area contributed by atoms with E-state index >= 15 is 0 Å². The molecule has 4 aromatic rings. The van der Waals surface area contributed by atoms with Crippen LogP contribution in [-0.4, -0.2) is 69.9 Å². The Kier molecular flexibility index (Phi) is 6.11. The third-order valence-electron chi connectivity index (χ3n) is 12.3. The fraction of sp³-hybridized carbons (Fsp3) is 0.300. The van der Waals surface area contributed by atoms with Crippen molar-refractivity contribution in [2.24, 2.45) is 0 Å². The molecule has 4 aromatic carbocycles. The van der Waals surface area contributed by atoms with Crippen molar-refractivity contribution in [2.45, 2.75) is 73.0 Å². The molecule has 10 heteroatoms. The molecule has 0 spiro atoms. The molecule has 0 bridgehead atoms. The largest absolute Gasteiger partial charge is 0.364 e. The number of benzene rings is 4. The molecule has 4 amide bonds. The van der Waals surface area contributed by atoms with Crippen molar-refractivity contribution in [2.75, 3.05) is 10.6 Å². The molecule has 0 aliphatic carbocycles. The lowest BCUT2D eigenvalue weighted by Crippen LogP contribution is -2.67. The van der Waals surface area contributed by atoms with Crippen LogP contribution in [0.3, 0.4) is 0 Å². The Morgan fingerprint density at radius 1 is 0.500 bits per heavy atom. The van der Waals surface area contributed by atoms with E-state index in [1.54, 1.807) is 9.80 Å². The topological polar surface area (TPSA) is 123 Å². The molecule has 6 aliphatic heterocycles. The summed E-state index contributed by atoms with van der Waals surface area (Å²) >= 11 is 0. The van der Waals surface area contributed by atoms with Crippen molar-refractivity contribution >= 4 is 35.0 Å². The maximum absolute atomic E-state index is 14.6. The number of anilines is 2. The van der Waals surface area contributed by atoms with E-state index in [0.29, 0.717) is 25.7 Å². The van der Waals surface area contributed by atoms with Crippen LogP contribution in [0.25, 0.3) is 0 Å². The summed E-state index contributed by atoms with van der Waals surface area (Å²) in [6.07, 6.45) is 0.273. The summed E-state index contributed by atoms with van der Waals surface area (Å²) in [6, 6.07) is 32.8. The van der Waals surface area contributed by atoms with Crippen LogP contribution in [0.5, 0.6) is 0 Å². The Morgan fingerprint density at radius 2 is 0.880 bits per heavy atom. The molecule has 0 saturated carbocycles. The third-order valence-corrected chi connectivity index (χ3v) is 12.3. The minimum atomic E-state index is -0.861. The van der Waals surface area contributed by atoms with Gasteiger partial charge in [0.05, 0.1) is 10.8 Å². The number of nitrogens with one attached hydrogen (secondary N) is 4. The van der Waals surface area contributed by atoms with Crippen molar-refractivity contribution in [1.82, 2.24) is 20.4 Å². The second kappa shape index (κ2) is 10.4. The lowest BCUT2D eigenvalue weighted by molar-refractivity contribution is -0.149. The normalized spacial score (nSPS) is 32.9. The minimum Gasteiger partial charge on any atom is -0.364 e. The summed E-state index contributed by atoms with van der Waals surface area (Å²) in [5.74, 6) is -0.632. The first-order chi connectivity index (χ1) is 24.4. The molecule has 250 valence electrons. The van der Waals surface area contributed by atoms with Gasteiger partial charge in [-0.2, -0.15) is 0 Å². The Bertz CT molecular complexity index is 1940. The number of carbonyl (C=O) groups excluding carboxylic acids is 4. The van der Waals surface area contributed by atoms with Gasteiger partial charge in [-0.05, 0) is 47.2 Å². The van der Waals surface area contributed by atoms with Crippen LogP contribution in [0.4, 0.5) is 11.4 Å². The standard InChI is InChI=1S/C40H36N6O4/c47-33-31-21-39(25-15-7-9-17-27(25)43-37(39)45(31)35(49)29(41-33)19-23-11-3-1-4-12-23)40-22-32-34(48)42-30(20-24-13-5-2-6-14-24)36(50)46(32)38(40)44-28-18-10-8-16-26(28)40/h1-18,29-32,37-38,43-44H,19-22H2,(H,41,47)(H,42,48)/t29-,30+,31-,32-,37+,38+,39+,40-/m1/s1. The van der Waals surface area contributed by atoms with Gasteiger partial charge in [0.25, 0.3) is 0 Å². The Hall–Kier alpha value is -5.64. The van der Waals surface area contributed by atoms with Gasteiger partial charge >= 0.3 is 0 Å². The highest BCUT2D eigenvalue weighted by molar-refractivity contribution is 6.01. The zero-order chi connectivity index (χ0) is 33.8. The Morgan fingerprint density at radius 3 is 1.30 bits per heavy atom. The first-order valence-electron chi connectivity index (χ1n) is 17.5. The van der Waals surface area contributed by atoms with Crippen LogP contribution in [0.2, 0.25) is 0 Å². The number of nitrogens with zero attached hydrogens (tertiary/aromatic N) is 2. The predicted octanol–water partition coefficient (Wildman–Crippen LogP) is 3.05. The molecule has 10 nitrogen and oxygen atoms in total. The second-order valence-electron chi connectivity index (χ2n) is 14.6. The van der Waals surface area contributed by atoms with Crippen molar-refractivity contribution in [3.8, 4) is 0 Å². The Labute approximate surface area is 289 Å². The quantitative estimate of drug-likeness (QED) is 0.260. The molecule has 8 atom stereocenters. The van der Waals surface area contributed by atoms with Gasteiger partial charge in [-0.1, -0.05) is 97.1 Å². The van der Waals surface area contributed by atoms with Crippen LogP contribution in [0, 0.1) is 0 Å². The molecule has 0 unspecified atom stereocenters. The number of piperazine rings is 2. The maximum atomic E-state index is 14.6. The summed E-state index contributed by atoms with van der Waals surface area (Å²) in [6.45, 7) is 0. The van der Waals surface area contributed by atoms with Gasteiger partial charge in [-0.25, -0.2) is 0 Å². The average Bonchev–Trinajstić information content (AvgIpc) is 3.85. The minimum absolute atomic E-state index is 0.134. The lowest BCUT2D eigenvalue weighted by Gasteiger charge is -2.48. The molecular weight excluding hydrogens is 628 g/mol. The van der Waals surface area contributed by atoms with E-state index in [2.05, 4.69) is 33.4 Å². The van der Waals surface area contributed by atoms with E-state index in [0.717, 1.165) is 33.6 Å². The molecule has 0 aromatic heterocycles. The van der Waals surface area contributed by atoms with Crippen LogP contribution in [-0.2, 0) is 42.8 Å². The fourth-order valence-electron chi connectivity index (χ4n) is 10.4. The van der Waals surface area contributed by atoms with Crippen LogP contribution >= 0.6 is 0 Å². The van der Waals surface area contributed by atoms with Crippen LogP contribution in [0.15, 0.2) is 109 Å². The van der Waals surface area contributed by atoms with Crippen molar-refractivity contribution < 1.29 is 19.2 Å². The molecule has 4 fully saturated rings. The van der Waals surface area contributed by atoms with E-state index in [4.69, 9.17) is 0 Å². The molecule has 50 heavy (non-hydrogen) atoms. The van der Waals surface area contributed by atoms with Crippen molar-refractivity contribution in [3.63, 3.8) is 0 Å². The SMILES string of the molecule is O=C1N[C@H](Cc2ccccc2)C(=O)N2[C@@H]1C[C@]1([C@@]34C[C@@H]5C(=O)N[C@@H](Cc6ccccc6)C(=O)N5[C@@H]3Nc3ccccc34)c3ccccc3N[C@@H]21.